The molecule has 0 aliphatic carbocycles. The fourth-order valence-electron chi connectivity index (χ4n) is 3.58. The standard InChI is InChI=1S/C27H28N4O3/c1-3-33-26-14-24(11-12-25(26)34-20-22-10-7-13-28-15-22)27(32)30(2)17-23-16-29-31(19-23)18-21-8-5-4-6-9-21/h4-16,19H,3,17-18,20H2,1-2H3. The fraction of sp³-hybridized carbons (Fsp3) is 0.222. The van der Waals surface area contributed by atoms with Crippen LogP contribution in [0.4, 0.5) is 0 Å². The molecular formula is C27H28N4O3. The Balaban J connectivity index is 1.40. The van der Waals surface area contributed by atoms with E-state index in [1.165, 1.54) is 5.56 Å². The molecule has 2 heterocycles. The molecular weight excluding hydrogens is 428 g/mol. The van der Waals surface area contributed by atoms with Gasteiger partial charge >= 0.3 is 0 Å². The molecule has 174 valence electrons. The van der Waals surface area contributed by atoms with Crippen molar-refractivity contribution in [2.75, 3.05) is 13.7 Å². The second-order valence-electron chi connectivity index (χ2n) is 7.94. The van der Waals surface area contributed by atoms with E-state index in [9.17, 15) is 4.79 Å². The van der Waals surface area contributed by atoms with Gasteiger partial charge in [0.1, 0.15) is 6.61 Å². The number of ether oxygens (including phenoxy) is 2. The van der Waals surface area contributed by atoms with Crippen molar-refractivity contribution >= 4 is 5.91 Å². The summed E-state index contributed by atoms with van der Waals surface area (Å²) in [5.74, 6) is 1.03. The number of benzene rings is 2. The topological polar surface area (TPSA) is 69.5 Å². The van der Waals surface area contributed by atoms with Crippen LogP contribution in [0.5, 0.6) is 11.5 Å². The van der Waals surface area contributed by atoms with Crippen molar-refractivity contribution in [2.45, 2.75) is 26.6 Å². The van der Waals surface area contributed by atoms with Crippen LogP contribution in [0.25, 0.3) is 0 Å². The lowest BCUT2D eigenvalue weighted by Crippen LogP contribution is -2.26. The number of nitrogens with zero attached hydrogens (tertiary/aromatic N) is 4. The molecule has 0 saturated heterocycles. The fourth-order valence-corrected chi connectivity index (χ4v) is 3.58. The molecule has 4 rings (SSSR count). The maximum absolute atomic E-state index is 13.1. The first-order valence-electron chi connectivity index (χ1n) is 11.2. The van der Waals surface area contributed by atoms with Crippen molar-refractivity contribution in [1.29, 1.82) is 0 Å². The zero-order chi connectivity index (χ0) is 23.8. The number of aromatic nitrogens is 3. The van der Waals surface area contributed by atoms with Crippen LogP contribution in [0.1, 0.15) is 34.0 Å². The predicted octanol–water partition coefficient (Wildman–Crippen LogP) is 4.58. The lowest BCUT2D eigenvalue weighted by atomic mass is 10.1. The van der Waals surface area contributed by atoms with Gasteiger partial charge in [0, 0.05) is 48.9 Å². The van der Waals surface area contributed by atoms with Gasteiger partial charge in [-0.1, -0.05) is 36.4 Å². The Morgan fingerprint density at radius 2 is 1.76 bits per heavy atom. The van der Waals surface area contributed by atoms with E-state index in [2.05, 4.69) is 22.2 Å². The van der Waals surface area contributed by atoms with Crippen LogP contribution in [0.2, 0.25) is 0 Å². The minimum Gasteiger partial charge on any atom is -0.490 e. The molecule has 4 aromatic rings. The molecule has 0 aliphatic heterocycles. The summed E-state index contributed by atoms with van der Waals surface area (Å²) >= 11 is 0. The quantitative estimate of drug-likeness (QED) is 0.349. The van der Waals surface area contributed by atoms with Crippen molar-refractivity contribution < 1.29 is 14.3 Å². The molecule has 0 atom stereocenters. The van der Waals surface area contributed by atoms with E-state index in [1.807, 2.05) is 48.1 Å². The van der Waals surface area contributed by atoms with Gasteiger partial charge in [-0.2, -0.15) is 5.10 Å². The minimum absolute atomic E-state index is 0.101. The van der Waals surface area contributed by atoms with Gasteiger partial charge < -0.3 is 14.4 Å². The highest BCUT2D eigenvalue weighted by Gasteiger charge is 2.16. The average molecular weight is 457 g/mol. The van der Waals surface area contributed by atoms with Crippen LogP contribution >= 0.6 is 0 Å². The van der Waals surface area contributed by atoms with Crippen molar-refractivity contribution in [3.05, 3.63) is 108 Å². The highest BCUT2D eigenvalue weighted by atomic mass is 16.5. The lowest BCUT2D eigenvalue weighted by molar-refractivity contribution is 0.0784. The van der Waals surface area contributed by atoms with Gasteiger partial charge in [-0.15, -0.1) is 0 Å². The van der Waals surface area contributed by atoms with Crippen molar-refractivity contribution in [2.24, 2.45) is 0 Å². The molecule has 2 aromatic heterocycles. The highest BCUT2D eigenvalue weighted by Crippen LogP contribution is 2.30. The summed E-state index contributed by atoms with van der Waals surface area (Å²) in [7, 11) is 1.78. The Bertz CT molecular complexity index is 1210. The molecule has 0 spiro atoms. The third-order valence-corrected chi connectivity index (χ3v) is 5.25. The predicted molar refractivity (Wildman–Crippen MR) is 130 cm³/mol. The molecule has 34 heavy (non-hydrogen) atoms. The molecule has 0 saturated carbocycles. The number of carbonyl (C=O) groups is 1. The summed E-state index contributed by atoms with van der Waals surface area (Å²) in [5, 5.41) is 4.43. The van der Waals surface area contributed by atoms with E-state index < -0.39 is 0 Å². The number of rotatable bonds is 10. The molecule has 0 N–H and O–H groups in total. The molecule has 0 unspecified atom stereocenters. The van der Waals surface area contributed by atoms with E-state index in [0.717, 1.165) is 11.1 Å². The maximum atomic E-state index is 13.1. The summed E-state index contributed by atoms with van der Waals surface area (Å²) in [6.07, 6.45) is 7.25. The molecule has 7 heteroatoms. The monoisotopic (exact) mass is 456 g/mol. The van der Waals surface area contributed by atoms with E-state index >= 15 is 0 Å². The van der Waals surface area contributed by atoms with Gasteiger partial charge in [0.05, 0.1) is 19.3 Å². The number of amides is 1. The number of pyridine rings is 1. The third kappa shape index (κ3) is 6.01. The largest absolute Gasteiger partial charge is 0.490 e. The Morgan fingerprint density at radius 3 is 2.53 bits per heavy atom. The Labute approximate surface area is 199 Å². The zero-order valence-electron chi connectivity index (χ0n) is 19.4. The first-order valence-corrected chi connectivity index (χ1v) is 11.2. The summed E-state index contributed by atoms with van der Waals surface area (Å²) in [6.45, 7) is 3.89. The normalized spacial score (nSPS) is 10.6. The number of hydrogen-bond acceptors (Lipinski definition) is 5. The van der Waals surface area contributed by atoms with E-state index in [0.29, 0.717) is 43.4 Å². The van der Waals surface area contributed by atoms with E-state index in [4.69, 9.17) is 9.47 Å². The summed E-state index contributed by atoms with van der Waals surface area (Å²) < 4.78 is 13.5. The first-order chi connectivity index (χ1) is 16.6. The Morgan fingerprint density at radius 1 is 0.941 bits per heavy atom. The molecule has 2 aromatic carbocycles. The van der Waals surface area contributed by atoms with Crippen LogP contribution < -0.4 is 9.47 Å². The van der Waals surface area contributed by atoms with Crippen LogP contribution in [0, 0.1) is 0 Å². The van der Waals surface area contributed by atoms with Crippen molar-refractivity contribution in [3.63, 3.8) is 0 Å². The van der Waals surface area contributed by atoms with E-state index in [1.54, 1.807) is 48.7 Å². The zero-order valence-corrected chi connectivity index (χ0v) is 19.4. The SMILES string of the molecule is CCOc1cc(C(=O)N(C)Cc2cnn(Cc3ccccc3)c2)ccc1OCc1cccnc1. The summed E-state index contributed by atoms with van der Waals surface area (Å²) in [5.41, 5.74) is 3.64. The van der Waals surface area contributed by atoms with Gasteiger partial charge in [0.25, 0.3) is 5.91 Å². The molecule has 0 radical (unpaired) electrons. The third-order valence-electron chi connectivity index (χ3n) is 5.25. The molecule has 0 fully saturated rings. The number of hydrogen-bond donors (Lipinski definition) is 0. The first kappa shape index (κ1) is 23.0. The summed E-state index contributed by atoms with van der Waals surface area (Å²) in [6, 6.07) is 19.2. The van der Waals surface area contributed by atoms with Gasteiger partial charge in [-0.25, -0.2) is 0 Å². The highest BCUT2D eigenvalue weighted by molar-refractivity contribution is 5.94. The van der Waals surface area contributed by atoms with Crippen LogP contribution in [-0.4, -0.2) is 39.2 Å². The smallest absolute Gasteiger partial charge is 0.254 e. The Hall–Kier alpha value is -4.13. The minimum atomic E-state index is -0.101. The van der Waals surface area contributed by atoms with Crippen molar-refractivity contribution in [1.82, 2.24) is 19.7 Å². The van der Waals surface area contributed by atoms with Crippen LogP contribution in [0.3, 0.4) is 0 Å². The Kier molecular flexibility index (Phi) is 7.55. The summed E-state index contributed by atoms with van der Waals surface area (Å²) in [4.78, 5) is 18.9. The van der Waals surface area contributed by atoms with E-state index in [-0.39, 0.29) is 5.91 Å². The van der Waals surface area contributed by atoms with Gasteiger partial charge in [-0.3, -0.25) is 14.5 Å². The van der Waals surface area contributed by atoms with Gasteiger partial charge in [-0.05, 0) is 36.8 Å². The second kappa shape index (κ2) is 11.1. The van der Waals surface area contributed by atoms with Gasteiger partial charge in [0.15, 0.2) is 11.5 Å². The molecule has 7 nitrogen and oxygen atoms in total. The lowest BCUT2D eigenvalue weighted by Gasteiger charge is -2.18. The second-order valence-corrected chi connectivity index (χ2v) is 7.94. The van der Waals surface area contributed by atoms with Gasteiger partial charge in [0.2, 0.25) is 0 Å². The van der Waals surface area contributed by atoms with Crippen LogP contribution in [0.15, 0.2) is 85.5 Å². The van der Waals surface area contributed by atoms with Crippen LogP contribution in [-0.2, 0) is 19.7 Å². The molecule has 0 aliphatic rings. The van der Waals surface area contributed by atoms with Crippen molar-refractivity contribution in [3.8, 4) is 11.5 Å². The number of carbonyl (C=O) groups excluding carboxylic acids is 1. The average Bonchev–Trinajstić information content (AvgIpc) is 3.30. The molecule has 0 bridgehead atoms. The maximum Gasteiger partial charge on any atom is 0.254 e. The molecule has 1 amide bonds.